The Morgan fingerprint density at radius 1 is 1.23 bits per heavy atom. The molecule has 26 heavy (non-hydrogen) atoms. The fraction of sp³-hybridized carbons (Fsp3) is 0.250. The molecule has 138 valence electrons. The summed E-state index contributed by atoms with van der Waals surface area (Å²) in [6.07, 6.45) is 0.658. The van der Waals surface area contributed by atoms with E-state index in [9.17, 15) is 0 Å². The van der Waals surface area contributed by atoms with Gasteiger partial charge in [-0.1, -0.05) is 57.7 Å². The van der Waals surface area contributed by atoms with Crippen molar-refractivity contribution >= 4 is 62.7 Å². The molecule has 0 aliphatic heterocycles. The van der Waals surface area contributed by atoms with E-state index in [1.165, 1.54) is 11.3 Å². The molecule has 3 N–H and O–H groups in total. The lowest BCUT2D eigenvalue weighted by Crippen LogP contribution is -2.30. The first kappa shape index (κ1) is 19.7. The molecule has 1 atom stereocenters. The summed E-state index contributed by atoms with van der Waals surface area (Å²) in [5.41, 5.74) is 8.35. The fourth-order valence-corrected chi connectivity index (χ4v) is 4.56. The van der Waals surface area contributed by atoms with Gasteiger partial charge in [0.25, 0.3) is 0 Å². The minimum Gasteiger partial charge on any atom is -0.373 e. The second-order valence-electron chi connectivity index (χ2n) is 5.67. The fourth-order valence-electron chi connectivity index (χ4n) is 2.57. The van der Waals surface area contributed by atoms with Crippen LogP contribution in [0, 0.1) is 0 Å². The maximum Gasteiger partial charge on any atom is 0.179 e. The second-order valence-corrected chi connectivity index (χ2v) is 8.52. The van der Waals surface area contributed by atoms with Crippen molar-refractivity contribution in [1.29, 1.82) is 0 Å². The van der Waals surface area contributed by atoms with Gasteiger partial charge in [0.1, 0.15) is 10.0 Å². The molecule has 1 aromatic carbocycles. The van der Waals surface area contributed by atoms with Crippen LogP contribution < -0.4 is 11.1 Å². The second kappa shape index (κ2) is 8.33. The summed E-state index contributed by atoms with van der Waals surface area (Å²) in [5.74, 6) is 0. The molecular weight excluding hydrogens is 436 g/mol. The number of rotatable bonds is 6. The third-order valence-corrected chi connectivity index (χ3v) is 5.97. The number of nitrogens with one attached hydrogen (secondary N) is 1. The molecule has 0 aliphatic rings. The lowest BCUT2D eigenvalue weighted by Gasteiger charge is -2.17. The zero-order chi connectivity index (χ0) is 18.8. The number of nitrogens with two attached hydrogens (primary N) is 1. The Balaban J connectivity index is 1.80. The summed E-state index contributed by atoms with van der Waals surface area (Å²) in [7, 11) is 1.76. The maximum absolute atomic E-state index is 6.39. The highest BCUT2D eigenvalue weighted by atomic mass is 35.5. The molecule has 0 bridgehead atoms. The Morgan fingerprint density at radius 2 is 2.00 bits per heavy atom. The van der Waals surface area contributed by atoms with Crippen LogP contribution in [0.15, 0.2) is 24.3 Å². The van der Waals surface area contributed by atoms with Gasteiger partial charge in [0.15, 0.2) is 5.15 Å². The Bertz CT molecular complexity index is 904. The molecule has 3 rings (SSSR count). The van der Waals surface area contributed by atoms with Gasteiger partial charge in [0.2, 0.25) is 0 Å². The van der Waals surface area contributed by atoms with Crippen molar-refractivity contribution in [1.82, 2.24) is 15.0 Å². The van der Waals surface area contributed by atoms with Crippen molar-refractivity contribution in [2.75, 3.05) is 11.9 Å². The number of anilines is 1. The number of nitrogens with zero attached hydrogens (tertiary/aromatic N) is 3. The summed E-state index contributed by atoms with van der Waals surface area (Å²) in [5, 5.41) is 13.6. The smallest absolute Gasteiger partial charge is 0.179 e. The largest absolute Gasteiger partial charge is 0.373 e. The maximum atomic E-state index is 6.39. The number of thiophene rings is 1. The van der Waals surface area contributed by atoms with Crippen LogP contribution in [-0.4, -0.2) is 27.6 Å². The Morgan fingerprint density at radius 3 is 2.62 bits per heavy atom. The lowest BCUT2D eigenvalue weighted by atomic mass is 10.1. The molecule has 0 radical (unpaired) electrons. The summed E-state index contributed by atoms with van der Waals surface area (Å²) in [6, 6.07) is 7.35. The van der Waals surface area contributed by atoms with E-state index >= 15 is 0 Å². The van der Waals surface area contributed by atoms with Crippen molar-refractivity contribution in [2.24, 2.45) is 12.8 Å². The van der Waals surface area contributed by atoms with Crippen molar-refractivity contribution < 1.29 is 0 Å². The third-order valence-electron chi connectivity index (χ3n) is 3.84. The van der Waals surface area contributed by atoms with Crippen molar-refractivity contribution in [3.63, 3.8) is 0 Å². The SMILES string of the molecule is Cn1nnc(Cl)c1-c1cc(N[C@H](CN)Cc2ccc(Cl)cc2Cl)sc1Cl. The predicted molar refractivity (Wildman–Crippen MR) is 111 cm³/mol. The van der Waals surface area contributed by atoms with E-state index in [4.69, 9.17) is 52.1 Å². The number of halogens is 4. The average Bonchev–Trinajstić information content (AvgIpc) is 3.10. The van der Waals surface area contributed by atoms with E-state index in [0.717, 1.165) is 16.1 Å². The lowest BCUT2D eigenvalue weighted by molar-refractivity contribution is 0.720. The summed E-state index contributed by atoms with van der Waals surface area (Å²) in [6.45, 7) is 0.428. The van der Waals surface area contributed by atoms with Crippen LogP contribution in [0.4, 0.5) is 5.00 Å². The molecule has 0 saturated carbocycles. The first-order valence-corrected chi connectivity index (χ1v) is 9.97. The quantitative estimate of drug-likeness (QED) is 0.545. The molecule has 0 amide bonds. The zero-order valence-electron chi connectivity index (χ0n) is 13.6. The predicted octanol–water partition coefficient (Wildman–Crippen LogP) is 5.14. The van der Waals surface area contributed by atoms with Gasteiger partial charge in [-0.05, 0) is 30.2 Å². The van der Waals surface area contributed by atoms with E-state index in [0.29, 0.717) is 38.2 Å². The van der Waals surface area contributed by atoms with E-state index in [1.54, 1.807) is 17.8 Å². The van der Waals surface area contributed by atoms with Crippen LogP contribution in [0.25, 0.3) is 11.3 Å². The molecule has 2 aromatic heterocycles. The highest BCUT2D eigenvalue weighted by Gasteiger charge is 2.19. The number of aromatic nitrogens is 3. The van der Waals surface area contributed by atoms with Gasteiger partial charge in [0, 0.05) is 35.2 Å². The van der Waals surface area contributed by atoms with Gasteiger partial charge in [-0.15, -0.1) is 16.4 Å². The standard InChI is InChI=1S/C16H15Cl4N5S/c1-25-14(15(19)23-24-25)11-6-13(26-16(11)20)22-10(7-21)4-8-2-3-9(17)5-12(8)18/h2-3,5-6,10,22H,4,7,21H2,1H3/t10-/m0/s1. The molecule has 0 fully saturated rings. The molecule has 3 aromatic rings. The molecule has 0 spiro atoms. The molecule has 5 nitrogen and oxygen atoms in total. The number of benzene rings is 1. The normalized spacial score (nSPS) is 12.4. The summed E-state index contributed by atoms with van der Waals surface area (Å²) < 4.78 is 2.19. The van der Waals surface area contributed by atoms with E-state index in [-0.39, 0.29) is 6.04 Å². The van der Waals surface area contributed by atoms with Gasteiger partial charge in [-0.3, -0.25) is 0 Å². The Hall–Kier alpha value is -1.02. The van der Waals surface area contributed by atoms with Gasteiger partial charge < -0.3 is 11.1 Å². The van der Waals surface area contributed by atoms with Gasteiger partial charge in [0.05, 0.1) is 5.00 Å². The third kappa shape index (κ3) is 4.27. The molecule has 0 unspecified atom stereocenters. The van der Waals surface area contributed by atoms with E-state index in [1.807, 2.05) is 18.2 Å². The van der Waals surface area contributed by atoms with Crippen LogP contribution in [0.5, 0.6) is 0 Å². The highest BCUT2D eigenvalue weighted by molar-refractivity contribution is 7.20. The summed E-state index contributed by atoms with van der Waals surface area (Å²) >= 11 is 26.1. The average molecular weight is 451 g/mol. The molecular formula is C16H15Cl4N5S. The first-order chi connectivity index (χ1) is 12.4. The summed E-state index contributed by atoms with van der Waals surface area (Å²) in [4.78, 5) is 0. The van der Waals surface area contributed by atoms with Crippen LogP contribution in [-0.2, 0) is 13.5 Å². The minimum atomic E-state index is -0.0172. The minimum absolute atomic E-state index is 0.0172. The zero-order valence-corrected chi connectivity index (χ0v) is 17.5. The number of hydrogen-bond donors (Lipinski definition) is 2. The van der Waals surface area contributed by atoms with Crippen molar-refractivity contribution in [3.05, 3.63) is 49.4 Å². The van der Waals surface area contributed by atoms with Gasteiger partial charge in [-0.25, -0.2) is 4.68 Å². The topological polar surface area (TPSA) is 68.8 Å². The molecule has 0 aliphatic carbocycles. The first-order valence-electron chi connectivity index (χ1n) is 7.64. The Labute approximate surface area is 175 Å². The highest BCUT2D eigenvalue weighted by Crippen LogP contribution is 2.40. The van der Waals surface area contributed by atoms with Crippen LogP contribution in [0.3, 0.4) is 0 Å². The van der Waals surface area contributed by atoms with Crippen LogP contribution >= 0.6 is 57.7 Å². The van der Waals surface area contributed by atoms with E-state index < -0.39 is 0 Å². The molecule has 2 heterocycles. The monoisotopic (exact) mass is 449 g/mol. The number of aryl methyl sites for hydroxylation is 1. The van der Waals surface area contributed by atoms with Crippen molar-refractivity contribution in [3.8, 4) is 11.3 Å². The number of hydrogen-bond acceptors (Lipinski definition) is 5. The van der Waals surface area contributed by atoms with Crippen LogP contribution in [0.2, 0.25) is 19.5 Å². The van der Waals surface area contributed by atoms with Gasteiger partial charge in [-0.2, -0.15) is 0 Å². The van der Waals surface area contributed by atoms with E-state index in [2.05, 4.69) is 15.6 Å². The Kier molecular flexibility index (Phi) is 6.33. The van der Waals surface area contributed by atoms with Crippen molar-refractivity contribution in [2.45, 2.75) is 12.5 Å². The molecule has 10 heteroatoms. The molecule has 0 saturated heterocycles. The van der Waals surface area contributed by atoms with Crippen LogP contribution in [0.1, 0.15) is 5.56 Å². The van der Waals surface area contributed by atoms with Gasteiger partial charge >= 0.3 is 0 Å².